The highest BCUT2D eigenvalue weighted by Crippen LogP contribution is 2.44. The number of hydrogen-bond donors (Lipinski definition) is 0. The van der Waals surface area contributed by atoms with E-state index in [2.05, 4.69) is 0 Å². The van der Waals surface area contributed by atoms with Crippen molar-refractivity contribution in [3.05, 3.63) is 77.4 Å². The largest absolute Gasteiger partial charge is 0.481 e. The molecule has 1 fully saturated rings. The van der Waals surface area contributed by atoms with Crippen LogP contribution in [-0.2, 0) is 9.53 Å². The number of ether oxygens (including phenoxy) is 1. The van der Waals surface area contributed by atoms with Crippen molar-refractivity contribution in [1.82, 2.24) is 0 Å². The van der Waals surface area contributed by atoms with Gasteiger partial charge in [0.1, 0.15) is 5.76 Å². The van der Waals surface area contributed by atoms with Crippen molar-refractivity contribution in [2.75, 3.05) is 0 Å². The zero-order chi connectivity index (χ0) is 16.5. The Morgan fingerprint density at radius 1 is 0.958 bits per heavy atom. The van der Waals surface area contributed by atoms with Crippen molar-refractivity contribution < 1.29 is 14.3 Å². The first-order valence-corrected chi connectivity index (χ1v) is 8.34. The third kappa shape index (κ3) is 2.46. The Bertz CT molecular complexity index is 805. The van der Waals surface area contributed by atoms with Crippen molar-refractivity contribution in [3.63, 3.8) is 0 Å². The summed E-state index contributed by atoms with van der Waals surface area (Å²) in [6, 6.07) is 18.8. The van der Waals surface area contributed by atoms with Crippen LogP contribution in [0.4, 0.5) is 0 Å². The quantitative estimate of drug-likeness (QED) is 0.802. The zero-order valence-corrected chi connectivity index (χ0v) is 13.3. The second-order valence-corrected chi connectivity index (χ2v) is 6.31. The molecule has 0 radical (unpaired) electrons. The van der Waals surface area contributed by atoms with Crippen molar-refractivity contribution in [2.45, 2.75) is 25.4 Å². The molecule has 0 amide bonds. The van der Waals surface area contributed by atoms with Gasteiger partial charge in [-0.2, -0.15) is 0 Å². The molecular formula is C21H18O3. The third-order valence-corrected chi connectivity index (χ3v) is 4.80. The van der Waals surface area contributed by atoms with E-state index in [1.807, 2.05) is 60.7 Å². The van der Waals surface area contributed by atoms with Crippen molar-refractivity contribution in [2.24, 2.45) is 5.92 Å². The smallest absolute Gasteiger partial charge is 0.193 e. The summed E-state index contributed by atoms with van der Waals surface area (Å²) in [6.07, 6.45) is 1.67. The molecular weight excluding hydrogens is 300 g/mol. The van der Waals surface area contributed by atoms with Gasteiger partial charge in [-0.05, 0) is 12.8 Å². The molecule has 1 saturated carbocycles. The number of carbonyl (C=O) groups excluding carboxylic acids is 2. The number of ketones is 2. The second-order valence-electron chi connectivity index (χ2n) is 6.31. The first-order valence-electron chi connectivity index (χ1n) is 8.34. The van der Waals surface area contributed by atoms with E-state index in [4.69, 9.17) is 4.74 Å². The molecule has 0 aromatic heterocycles. The van der Waals surface area contributed by atoms with E-state index in [1.165, 1.54) is 0 Å². The van der Waals surface area contributed by atoms with Crippen LogP contribution in [0.3, 0.4) is 0 Å². The van der Waals surface area contributed by atoms with Gasteiger partial charge in [-0.1, -0.05) is 60.7 Å². The predicted molar refractivity (Wildman–Crippen MR) is 91.4 cm³/mol. The van der Waals surface area contributed by atoms with E-state index >= 15 is 0 Å². The fourth-order valence-corrected chi connectivity index (χ4v) is 3.65. The highest BCUT2D eigenvalue weighted by Gasteiger charge is 2.45. The molecule has 2 aromatic rings. The normalized spacial score (nSPS) is 22.9. The molecule has 1 heterocycles. The monoisotopic (exact) mass is 318 g/mol. The fraction of sp³-hybridized carbons (Fsp3) is 0.238. The molecule has 4 rings (SSSR count). The lowest BCUT2D eigenvalue weighted by atomic mass is 9.79. The Morgan fingerprint density at radius 3 is 2.33 bits per heavy atom. The Balaban J connectivity index is 1.83. The molecule has 2 aromatic carbocycles. The summed E-state index contributed by atoms with van der Waals surface area (Å²) < 4.78 is 6.03. The number of rotatable bonds is 3. The van der Waals surface area contributed by atoms with Gasteiger partial charge in [-0.25, -0.2) is 0 Å². The molecule has 1 aliphatic heterocycles. The van der Waals surface area contributed by atoms with Crippen molar-refractivity contribution in [1.29, 1.82) is 0 Å². The van der Waals surface area contributed by atoms with E-state index in [0.29, 0.717) is 23.3 Å². The maximum absolute atomic E-state index is 13.1. The van der Waals surface area contributed by atoms with Gasteiger partial charge in [0.15, 0.2) is 17.7 Å². The van der Waals surface area contributed by atoms with E-state index in [0.717, 1.165) is 18.4 Å². The Hall–Kier alpha value is -2.68. The highest BCUT2D eigenvalue weighted by molar-refractivity contribution is 6.14. The number of carbonyl (C=O) groups is 2. The molecule has 0 unspecified atom stereocenters. The summed E-state index contributed by atoms with van der Waals surface area (Å²) in [5, 5.41) is 0. The van der Waals surface area contributed by atoms with Crippen molar-refractivity contribution >= 4 is 17.3 Å². The maximum Gasteiger partial charge on any atom is 0.193 e. The minimum atomic E-state index is -0.503. The van der Waals surface area contributed by atoms with Crippen LogP contribution in [0, 0.1) is 5.92 Å². The van der Waals surface area contributed by atoms with E-state index in [1.54, 1.807) is 0 Å². The van der Waals surface area contributed by atoms with Crippen molar-refractivity contribution in [3.8, 4) is 0 Å². The lowest BCUT2D eigenvalue weighted by Gasteiger charge is -2.24. The first-order chi connectivity index (χ1) is 11.8. The van der Waals surface area contributed by atoms with Gasteiger partial charge in [-0.15, -0.1) is 0 Å². The van der Waals surface area contributed by atoms with Gasteiger partial charge < -0.3 is 4.74 Å². The lowest BCUT2D eigenvalue weighted by molar-refractivity contribution is -0.129. The van der Waals surface area contributed by atoms with Crippen LogP contribution < -0.4 is 0 Å². The number of hydrogen-bond acceptors (Lipinski definition) is 3. The van der Waals surface area contributed by atoms with Crippen LogP contribution in [0.25, 0.3) is 5.76 Å². The van der Waals surface area contributed by atoms with Gasteiger partial charge in [-0.3, -0.25) is 9.59 Å². The zero-order valence-electron chi connectivity index (χ0n) is 13.3. The Morgan fingerprint density at radius 2 is 1.62 bits per heavy atom. The molecule has 0 N–H and O–H groups in total. The average Bonchev–Trinajstić information content (AvgIpc) is 3.03. The number of Topliss-reactive ketones (excluding diaryl/α,β-unsaturated/α-hetero) is 2. The summed E-state index contributed by atoms with van der Waals surface area (Å²) in [5.41, 5.74) is 2.16. The van der Waals surface area contributed by atoms with E-state index in [-0.39, 0.29) is 17.5 Å². The summed E-state index contributed by atoms with van der Waals surface area (Å²) in [4.78, 5) is 25.4. The van der Waals surface area contributed by atoms with Crippen LogP contribution >= 0.6 is 0 Å². The van der Waals surface area contributed by atoms with Gasteiger partial charge in [0.25, 0.3) is 0 Å². The summed E-state index contributed by atoms with van der Waals surface area (Å²) >= 11 is 0. The summed E-state index contributed by atoms with van der Waals surface area (Å²) in [7, 11) is 0. The molecule has 1 aliphatic carbocycles. The minimum absolute atomic E-state index is 0.0309. The van der Waals surface area contributed by atoms with Gasteiger partial charge in [0, 0.05) is 29.0 Å². The molecule has 120 valence electrons. The highest BCUT2D eigenvalue weighted by atomic mass is 16.5. The molecule has 2 aliphatic rings. The van der Waals surface area contributed by atoms with Crippen LogP contribution in [0.5, 0.6) is 0 Å². The third-order valence-electron chi connectivity index (χ3n) is 4.80. The maximum atomic E-state index is 13.1. The number of benzene rings is 2. The molecule has 3 heteroatoms. The SMILES string of the molecule is O=C(C1=C(c2ccccc2)O[C@H]2C(=O)CCC[C@@H]12)c1ccccc1. The van der Waals surface area contributed by atoms with E-state index in [9.17, 15) is 9.59 Å². The Labute approximate surface area is 141 Å². The molecule has 2 atom stereocenters. The molecule has 24 heavy (non-hydrogen) atoms. The first kappa shape index (κ1) is 14.9. The summed E-state index contributed by atoms with van der Waals surface area (Å²) in [6.45, 7) is 0. The number of fused-ring (bicyclic) bond motifs is 1. The van der Waals surface area contributed by atoms with Crippen LogP contribution in [-0.4, -0.2) is 17.7 Å². The molecule has 3 nitrogen and oxygen atoms in total. The molecule has 0 saturated heterocycles. The van der Waals surface area contributed by atoms with Crippen LogP contribution in [0.2, 0.25) is 0 Å². The standard InChI is InChI=1S/C21H18O3/c22-17-13-7-12-16-18(19(23)14-8-3-1-4-9-14)20(24-21(16)17)15-10-5-2-6-11-15/h1-6,8-11,16,21H,7,12-13H2/t16-,21+/m0/s1. The second kappa shape index (κ2) is 6.08. The van der Waals surface area contributed by atoms with Crippen LogP contribution in [0.1, 0.15) is 35.2 Å². The molecule has 0 spiro atoms. The van der Waals surface area contributed by atoms with E-state index < -0.39 is 6.10 Å². The summed E-state index contributed by atoms with van der Waals surface area (Å²) in [5.74, 6) is 0.524. The van der Waals surface area contributed by atoms with Gasteiger partial charge in [0.05, 0.1) is 0 Å². The lowest BCUT2D eigenvalue weighted by Crippen LogP contribution is -2.33. The fourth-order valence-electron chi connectivity index (χ4n) is 3.65. The van der Waals surface area contributed by atoms with Crippen LogP contribution in [0.15, 0.2) is 66.2 Å². The van der Waals surface area contributed by atoms with Gasteiger partial charge in [0.2, 0.25) is 0 Å². The topological polar surface area (TPSA) is 43.4 Å². The average molecular weight is 318 g/mol. The van der Waals surface area contributed by atoms with Gasteiger partial charge >= 0.3 is 0 Å². The Kier molecular flexibility index (Phi) is 3.77. The predicted octanol–water partition coefficient (Wildman–Crippen LogP) is 4.05. The molecule has 0 bridgehead atoms. The minimum Gasteiger partial charge on any atom is -0.481 e.